The highest BCUT2D eigenvalue weighted by Gasteiger charge is 1.96. The van der Waals surface area contributed by atoms with Gasteiger partial charge in [0, 0.05) is 6.61 Å². The molecule has 0 heterocycles. The molecule has 0 aromatic heterocycles. The fourth-order valence-corrected chi connectivity index (χ4v) is 3.17. The summed E-state index contributed by atoms with van der Waals surface area (Å²) in [4.78, 5) is 0. The molecule has 0 aliphatic heterocycles. The minimum Gasteiger partial charge on any atom is -0.394 e. The van der Waals surface area contributed by atoms with Gasteiger partial charge in [0.25, 0.3) is 0 Å². The zero-order chi connectivity index (χ0) is 29.6. The van der Waals surface area contributed by atoms with E-state index in [0.29, 0.717) is 139 Å². The van der Waals surface area contributed by atoms with Gasteiger partial charge in [0.1, 0.15) is 0 Å². The third-order valence-corrected chi connectivity index (χ3v) is 5.35. The Bertz CT molecular complexity index is 410. The summed E-state index contributed by atoms with van der Waals surface area (Å²) >= 11 is 0. The molecule has 0 rings (SSSR count). The highest BCUT2D eigenvalue weighted by molar-refractivity contribution is 4.42. The third kappa shape index (κ3) is 39.5. The number of rotatable bonds is 38. The maximum Gasteiger partial charge on any atom is 0.0701 e. The van der Waals surface area contributed by atoms with E-state index >= 15 is 0 Å². The zero-order valence-corrected chi connectivity index (χ0v) is 25.7. The average Bonchev–Trinajstić information content (AvgIpc) is 2.98. The molecule has 0 bridgehead atoms. The third-order valence-electron chi connectivity index (χ3n) is 5.35. The molecular formula is C29H60O12. The standard InChI is InChI=1S/C29H60O12/c1-2-3-4-5-6-8-31-10-12-33-14-16-35-18-20-37-22-24-39-26-28-41-29-27-40-25-23-38-21-19-36-17-15-34-13-11-32-9-7-30/h30H,2-29H2,1H3. The number of unbranched alkanes of at least 4 members (excludes halogenated alkanes) is 4. The van der Waals surface area contributed by atoms with Gasteiger partial charge >= 0.3 is 0 Å². The summed E-state index contributed by atoms with van der Waals surface area (Å²) in [6, 6.07) is 0. The summed E-state index contributed by atoms with van der Waals surface area (Å²) in [5.74, 6) is 0. The molecule has 12 heteroatoms. The Morgan fingerprint density at radius 2 is 0.488 bits per heavy atom. The summed E-state index contributed by atoms with van der Waals surface area (Å²) < 4.78 is 59.6. The van der Waals surface area contributed by atoms with Crippen LogP contribution in [0.3, 0.4) is 0 Å². The van der Waals surface area contributed by atoms with Crippen molar-refractivity contribution in [3.05, 3.63) is 0 Å². The lowest BCUT2D eigenvalue weighted by atomic mass is 10.2. The monoisotopic (exact) mass is 600 g/mol. The van der Waals surface area contributed by atoms with Gasteiger partial charge in [-0.3, -0.25) is 0 Å². The molecule has 0 unspecified atom stereocenters. The number of aliphatic hydroxyl groups excluding tert-OH is 1. The van der Waals surface area contributed by atoms with Crippen molar-refractivity contribution >= 4 is 0 Å². The van der Waals surface area contributed by atoms with Crippen molar-refractivity contribution in [1.82, 2.24) is 0 Å². The van der Waals surface area contributed by atoms with Gasteiger partial charge in [0.05, 0.1) is 145 Å². The molecule has 0 saturated heterocycles. The molecule has 0 aliphatic rings. The number of ether oxygens (including phenoxy) is 11. The molecule has 0 amide bonds. The Balaban J connectivity index is 3.02. The smallest absolute Gasteiger partial charge is 0.0701 e. The van der Waals surface area contributed by atoms with Crippen molar-refractivity contribution < 1.29 is 57.2 Å². The first-order valence-corrected chi connectivity index (χ1v) is 15.4. The molecule has 0 spiro atoms. The van der Waals surface area contributed by atoms with Crippen LogP contribution in [0, 0.1) is 0 Å². The Morgan fingerprint density at radius 3 is 0.732 bits per heavy atom. The molecule has 248 valence electrons. The van der Waals surface area contributed by atoms with Crippen LogP contribution in [-0.2, 0) is 52.1 Å². The minimum atomic E-state index is 0.0285. The van der Waals surface area contributed by atoms with Crippen LogP contribution in [0.1, 0.15) is 39.0 Å². The largest absolute Gasteiger partial charge is 0.394 e. The summed E-state index contributed by atoms with van der Waals surface area (Å²) in [5, 5.41) is 8.57. The second-order valence-corrected chi connectivity index (χ2v) is 8.87. The minimum absolute atomic E-state index is 0.0285. The van der Waals surface area contributed by atoms with Crippen molar-refractivity contribution in [1.29, 1.82) is 0 Å². The second-order valence-electron chi connectivity index (χ2n) is 8.87. The van der Waals surface area contributed by atoms with Gasteiger partial charge in [-0.1, -0.05) is 32.6 Å². The number of hydrogen-bond donors (Lipinski definition) is 1. The molecule has 0 fully saturated rings. The van der Waals surface area contributed by atoms with Crippen molar-refractivity contribution in [3.8, 4) is 0 Å². The fourth-order valence-electron chi connectivity index (χ4n) is 3.17. The van der Waals surface area contributed by atoms with Crippen LogP contribution in [0.4, 0.5) is 0 Å². The number of hydrogen-bond acceptors (Lipinski definition) is 12. The van der Waals surface area contributed by atoms with Gasteiger partial charge in [-0.2, -0.15) is 0 Å². The van der Waals surface area contributed by atoms with Crippen LogP contribution < -0.4 is 0 Å². The van der Waals surface area contributed by atoms with Gasteiger partial charge < -0.3 is 57.2 Å². The zero-order valence-electron chi connectivity index (χ0n) is 25.7. The molecule has 0 atom stereocenters. The molecular weight excluding hydrogens is 540 g/mol. The van der Waals surface area contributed by atoms with Crippen molar-refractivity contribution in [2.75, 3.05) is 152 Å². The highest BCUT2D eigenvalue weighted by atomic mass is 16.6. The van der Waals surface area contributed by atoms with Crippen molar-refractivity contribution in [2.24, 2.45) is 0 Å². The molecule has 0 aromatic carbocycles. The summed E-state index contributed by atoms with van der Waals surface area (Å²) in [5.41, 5.74) is 0. The molecule has 0 aromatic rings. The summed E-state index contributed by atoms with van der Waals surface area (Å²) in [6.45, 7) is 14.0. The first-order chi connectivity index (χ1) is 20.4. The fraction of sp³-hybridized carbons (Fsp3) is 1.00. The van der Waals surface area contributed by atoms with Crippen LogP contribution in [0.5, 0.6) is 0 Å². The lowest BCUT2D eigenvalue weighted by molar-refractivity contribution is -0.0278. The van der Waals surface area contributed by atoms with E-state index in [9.17, 15) is 0 Å². The molecule has 0 saturated carbocycles. The Kier molecular flexibility index (Phi) is 39.1. The molecule has 12 nitrogen and oxygen atoms in total. The quantitative estimate of drug-likeness (QED) is 0.105. The molecule has 1 N–H and O–H groups in total. The SMILES string of the molecule is CCCCCCCOCCOCCOCCOCCOCCOCCOCCOCCOCCOCCOCCO. The predicted molar refractivity (Wildman–Crippen MR) is 155 cm³/mol. The maximum absolute atomic E-state index is 8.57. The van der Waals surface area contributed by atoms with Gasteiger partial charge in [-0.05, 0) is 6.42 Å². The van der Waals surface area contributed by atoms with Crippen LogP contribution in [0.15, 0.2) is 0 Å². The number of aliphatic hydroxyl groups is 1. The first-order valence-electron chi connectivity index (χ1n) is 15.4. The Labute approximate surface area is 248 Å². The van der Waals surface area contributed by atoms with E-state index in [2.05, 4.69) is 6.92 Å². The van der Waals surface area contributed by atoms with Crippen LogP contribution in [-0.4, -0.2) is 157 Å². The Hall–Kier alpha value is -0.480. The van der Waals surface area contributed by atoms with E-state index in [1.54, 1.807) is 0 Å². The summed E-state index contributed by atoms with van der Waals surface area (Å²) in [6.07, 6.45) is 6.28. The topological polar surface area (TPSA) is 122 Å². The lowest BCUT2D eigenvalue weighted by Crippen LogP contribution is -2.15. The highest BCUT2D eigenvalue weighted by Crippen LogP contribution is 2.02. The summed E-state index contributed by atoms with van der Waals surface area (Å²) in [7, 11) is 0. The normalized spacial score (nSPS) is 11.6. The van der Waals surface area contributed by atoms with E-state index in [0.717, 1.165) is 13.0 Å². The lowest BCUT2D eigenvalue weighted by Gasteiger charge is -2.09. The Morgan fingerprint density at radius 1 is 0.268 bits per heavy atom. The predicted octanol–water partition coefficient (Wildman–Crippen LogP) is 2.13. The first kappa shape index (κ1) is 40.5. The van der Waals surface area contributed by atoms with E-state index in [4.69, 9.17) is 57.2 Å². The van der Waals surface area contributed by atoms with Gasteiger partial charge in [-0.15, -0.1) is 0 Å². The maximum atomic E-state index is 8.57. The van der Waals surface area contributed by atoms with E-state index in [1.165, 1.54) is 25.7 Å². The van der Waals surface area contributed by atoms with Crippen LogP contribution >= 0.6 is 0 Å². The van der Waals surface area contributed by atoms with Crippen molar-refractivity contribution in [3.63, 3.8) is 0 Å². The van der Waals surface area contributed by atoms with Gasteiger partial charge in [0.15, 0.2) is 0 Å². The average molecular weight is 601 g/mol. The van der Waals surface area contributed by atoms with Crippen LogP contribution in [0.2, 0.25) is 0 Å². The van der Waals surface area contributed by atoms with E-state index in [1.807, 2.05) is 0 Å². The van der Waals surface area contributed by atoms with Gasteiger partial charge in [-0.25, -0.2) is 0 Å². The second kappa shape index (κ2) is 39.5. The molecule has 0 aliphatic carbocycles. The van der Waals surface area contributed by atoms with Crippen LogP contribution in [0.25, 0.3) is 0 Å². The van der Waals surface area contributed by atoms with Gasteiger partial charge in [0.2, 0.25) is 0 Å². The van der Waals surface area contributed by atoms with E-state index in [-0.39, 0.29) is 6.61 Å². The van der Waals surface area contributed by atoms with E-state index < -0.39 is 0 Å². The van der Waals surface area contributed by atoms with Crippen molar-refractivity contribution in [2.45, 2.75) is 39.0 Å². The molecule has 0 radical (unpaired) electrons. The molecule has 41 heavy (non-hydrogen) atoms.